The molecule has 0 aromatic heterocycles. The second-order valence-corrected chi connectivity index (χ2v) is 8.45. The SMILES string of the molecule is C=C1c2ccccc2C(=O)N1CCC(=O)OCC(=O)N1CCN(c2ccc(C(C)=O)cc2F)CC1. The fourth-order valence-electron chi connectivity index (χ4n) is 4.26. The molecule has 2 heterocycles. The average molecular weight is 480 g/mol. The number of benzene rings is 2. The zero-order valence-corrected chi connectivity index (χ0v) is 19.5. The summed E-state index contributed by atoms with van der Waals surface area (Å²) in [5, 5.41) is 0. The van der Waals surface area contributed by atoms with Gasteiger partial charge in [0.15, 0.2) is 12.4 Å². The van der Waals surface area contributed by atoms with Crippen LogP contribution in [0.2, 0.25) is 0 Å². The number of halogens is 1. The molecule has 0 bridgehead atoms. The van der Waals surface area contributed by atoms with Crippen molar-refractivity contribution in [3.63, 3.8) is 0 Å². The number of hydrogen-bond acceptors (Lipinski definition) is 6. The molecule has 0 aliphatic carbocycles. The van der Waals surface area contributed by atoms with Gasteiger partial charge >= 0.3 is 5.97 Å². The van der Waals surface area contributed by atoms with Gasteiger partial charge in [-0.2, -0.15) is 0 Å². The lowest BCUT2D eigenvalue weighted by molar-refractivity contribution is -0.152. The molecular formula is C26H26FN3O5. The van der Waals surface area contributed by atoms with Crippen LogP contribution < -0.4 is 4.90 Å². The first kappa shape index (κ1) is 24.1. The average Bonchev–Trinajstić information content (AvgIpc) is 3.10. The number of ether oxygens (including phenoxy) is 1. The number of hydrogen-bond donors (Lipinski definition) is 0. The highest BCUT2D eigenvalue weighted by Crippen LogP contribution is 2.31. The highest BCUT2D eigenvalue weighted by molar-refractivity contribution is 6.08. The summed E-state index contributed by atoms with van der Waals surface area (Å²) in [7, 11) is 0. The summed E-state index contributed by atoms with van der Waals surface area (Å²) in [5.74, 6) is -1.81. The van der Waals surface area contributed by atoms with Crippen LogP contribution in [-0.2, 0) is 14.3 Å². The van der Waals surface area contributed by atoms with Gasteiger partial charge in [-0.3, -0.25) is 19.2 Å². The quantitative estimate of drug-likeness (QED) is 0.448. The maximum absolute atomic E-state index is 14.4. The molecule has 0 atom stereocenters. The molecule has 2 aromatic rings. The molecule has 9 heteroatoms. The summed E-state index contributed by atoms with van der Waals surface area (Å²) in [4.78, 5) is 53.4. The van der Waals surface area contributed by atoms with Crippen molar-refractivity contribution in [2.24, 2.45) is 0 Å². The van der Waals surface area contributed by atoms with Gasteiger partial charge in [0, 0.05) is 55.1 Å². The predicted octanol–water partition coefficient (Wildman–Crippen LogP) is 2.74. The van der Waals surface area contributed by atoms with Crippen LogP contribution in [-0.4, -0.2) is 72.7 Å². The van der Waals surface area contributed by atoms with Gasteiger partial charge < -0.3 is 19.4 Å². The molecule has 2 aromatic carbocycles. The molecule has 35 heavy (non-hydrogen) atoms. The van der Waals surface area contributed by atoms with Crippen LogP contribution in [0.15, 0.2) is 49.0 Å². The van der Waals surface area contributed by atoms with Crippen LogP contribution >= 0.6 is 0 Å². The molecule has 2 aliphatic heterocycles. The summed E-state index contributed by atoms with van der Waals surface area (Å²) in [6, 6.07) is 11.5. The smallest absolute Gasteiger partial charge is 0.308 e. The fraction of sp³-hybridized carbons (Fsp3) is 0.308. The van der Waals surface area contributed by atoms with Crippen molar-refractivity contribution in [3.8, 4) is 0 Å². The van der Waals surface area contributed by atoms with Gasteiger partial charge in [-0.25, -0.2) is 4.39 Å². The predicted molar refractivity (Wildman–Crippen MR) is 127 cm³/mol. The van der Waals surface area contributed by atoms with Crippen LogP contribution in [0.1, 0.15) is 39.6 Å². The van der Waals surface area contributed by atoms with Crippen LogP contribution in [0, 0.1) is 5.82 Å². The van der Waals surface area contributed by atoms with Crippen LogP contribution in [0.25, 0.3) is 5.70 Å². The van der Waals surface area contributed by atoms with Crippen LogP contribution in [0.3, 0.4) is 0 Å². The number of esters is 1. The third-order valence-electron chi connectivity index (χ3n) is 6.26. The molecule has 182 valence electrons. The monoisotopic (exact) mass is 479 g/mol. The second-order valence-electron chi connectivity index (χ2n) is 8.45. The normalized spacial score (nSPS) is 15.3. The lowest BCUT2D eigenvalue weighted by atomic mass is 10.1. The molecular weight excluding hydrogens is 453 g/mol. The van der Waals surface area contributed by atoms with Crippen LogP contribution in [0.5, 0.6) is 0 Å². The Kier molecular flexibility index (Phi) is 6.95. The minimum absolute atomic E-state index is 0.0602. The third-order valence-corrected chi connectivity index (χ3v) is 6.26. The third kappa shape index (κ3) is 5.08. The van der Waals surface area contributed by atoms with E-state index in [1.165, 1.54) is 17.9 Å². The number of nitrogens with zero attached hydrogens (tertiary/aromatic N) is 3. The molecule has 0 saturated carbocycles. The number of ketones is 1. The Morgan fingerprint density at radius 2 is 1.71 bits per heavy atom. The zero-order chi connectivity index (χ0) is 25.1. The van der Waals surface area contributed by atoms with Gasteiger partial charge in [0.1, 0.15) is 5.82 Å². The first-order chi connectivity index (χ1) is 16.8. The van der Waals surface area contributed by atoms with Gasteiger partial charge in [-0.15, -0.1) is 0 Å². The minimum Gasteiger partial charge on any atom is -0.456 e. The van der Waals surface area contributed by atoms with Crippen molar-refractivity contribution >= 4 is 35.0 Å². The summed E-state index contributed by atoms with van der Waals surface area (Å²) in [5.41, 5.74) is 2.53. The largest absolute Gasteiger partial charge is 0.456 e. The van der Waals surface area contributed by atoms with E-state index in [4.69, 9.17) is 4.74 Å². The Balaban J connectivity index is 1.21. The maximum Gasteiger partial charge on any atom is 0.308 e. The Bertz CT molecular complexity index is 1170. The van der Waals surface area contributed by atoms with Gasteiger partial charge in [0.25, 0.3) is 11.8 Å². The van der Waals surface area contributed by atoms with Gasteiger partial charge in [-0.05, 0) is 31.2 Å². The lowest BCUT2D eigenvalue weighted by Gasteiger charge is -2.36. The van der Waals surface area contributed by atoms with Crippen LogP contribution in [0.4, 0.5) is 10.1 Å². The van der Waals surface area contributed by atoms with E-state index < -0.39 is 18.4 Å². The van der Waals surface area contributed by atoms with Crippen molar-refractivity contribution in [3.05, 3.63) is 71.6 Å². The standard InChI is InChI=1S/C26H26FN3O5/c1-17-20-5-3-4-6-21(20)26(34)30(17)10-9-25(33)35-16-24(32)29-13-11-28(12-14-29)23-8-7-19(18(2)31)15-22(23)27/h3-8,15H,1,9-14,16H2,2H3. The molecule has 2 amide bonds. The highest BCUT2D eigenvalue weighted by Gasteiger charge is 2.31. The Morgan fingerprint density at radius 1 is 1.03 bits per heavy atom. The van der Waals surface area contributed by atoms with Crippen molar-refractivity contribution in [1.82, 2.24) is 9.80 Å². The maximum atomic E-state index is 14.4. The topological polar surface area (TPSA) is 87.2 Å². The summed E-state index contributed by atoms with van der Waals surface area (Å²) >= 11 is 0. The fourth-order valence-corrected chi connectivity index (χ4v) is 4.26. The molecule has 8 nitrogen and oxygen atoms in total. The number of Topliss-reactive ketones (excluding diaryl/α,β-unsaturated/α-hetero) is 1. The zero-order valence-electron chi connectivity index (χ0n) is 19.5. The van der Waals surface area contributed by atoms with E-state index in [9.17, 15) is 23.6 Å². The Hall–Kier alpha value is -4.01. The lowest BCUT2D eigenvalue weighted by Crippen LogP contribution is -2.50. The van der Waals surface area contributed by atoms with E-state index in [0.29, 0.717) is 48.7 Å². The molecule has 0 radical (unpaired) electrons. The molecule has 4 rings (SSSR count). The summed E-state index contributed by atoms with van der Waals surface area (Å²) in [6.45, 7) is 6.57. The second kappa shape index (κ2) is 10.1. The highest BCUT2D eigenvalue weighted by atomic mass is 19.1. The number of piperazine rings is 1. The summed E-state index contributed by atoms with van der Waals surface area (Å²) in [6.07, 6.45) is -0.0602. The Morgan fingerprint density at radius 3 is 2.34 bits per heavy atom. The van der Waals surface area contributed by atoms with E-state index in [-0.39, 0.29) is 30.6 Å². The number of anilines is 1. The molecule has 0 spiro atoms. The number of fused-ring (bicyclic) bond motifs is 1. The number of carbonyl (C=O) groups is 4. The number of amides is 2. The molecule has 2 aliphatic rings. The van der Waals surface area contributed by atoms with Crippen molar-refractivity contribution in [1.29, 1.82) is 0 Å². The van der Waals surface area contributed by atoms with E-state index in [2.05, 4.69) is 6.58 Å². The molecule has 1 saturated heterocycles. The van der Waals surface area contributed by atoms with Gasteiger partial charge in [0.2, 0.25) is 0 Å². The molecule has 0 N–H and O–H groups in total. The number of carbonyl (C=O) groups excluding carboxylic acids is 4. The molecule has 0 unspecified atom stereocenters. The van der Waals surface area contributed by atoms with Gasteiger partial charge in [-0.1, -0.05) is 24.8 Å². The van der Waals surface area contributed by atoms with Crippen molar-refractivity contribution in [2.75, 3.05) is 44.2 Å². The van der Waals surface area contributed by atoms with Crippen molar-refractivity contribution in [2.45, 2.75) is 13.3 Å². The van der Waals surface area contributed by atoms with E-state index in [0.717, 1.165) is 5.56 Å². The van der Waals surface area contributed by atoms with E-state index in [1.807, 2.05) is 17.0 Å². The molecule has 1 fully saturated rings. The first-order valence-electron chi connectivity index (χ1n) is 11.3. The van der Waals surface area contributed by atoms with Gasteiger partial charge in [0.05, 0.1) is 12.1 Å². The van der Waals surface area contributed by atoms with E-state index in [1.54, 1.807) is 29.2 Å². The minimum atomic E-state index is -0.582. The van der Waals surface area contributed by atoms with E-state index >= 15 is 0 Å². The van der Waals surface area contributed by atoms with Crippen molar-refractivity contribution < 1.29 is 28.3 Å². The number of rotatable bonds is 7. The first-order valence-corrected chi connectivity index (χ1v) is 11.3. The summed E-state index contributed by atoms with van der Waals surface area (Å²) < 4.78 is 19.5. The Labute approximate surface area is 202 Å².